The summed E-state index contributed by atoms with van der Waals surface area (Å²) in [5.41, 5.74) is 0.725. The second kappa shape index (κ2) is 4.74. The summed E-state index contributed by atoms with van der Waals surface area (Å²) in [6, 6.07) is 4.22. The van der Waals surface area contributed by atoms with Gasteiger partial charge in [-0.15, -0.1) is 0 Å². The summed E-state index contributed by atoms with van der Waals surface area (Å²) in [5.74, 6) is -0.167. The molecule has 0 saturated carbocycles. The second-order valence-corrected chi connectivity index (χ2v) is 3.04. The van der Waals surface area contributed by atoms with Gasteiger partial charge >= 0.3 is 0 Å². The van der Waals surface area contributed by atoms with Crippen LogP contribution in [0.2, 0.25) is 0 Å². The van der Waals surface area contributed by atoms with Crippen molar-refractivity contribution in [2.75, 3.05) is 6.61 Å². The summed E-state index contributed by atoms with van der Waals surface area (Å²) < 4.78 is 18.1. The predicted molar refractivity (Wildman–Crippen MR) is 52.0 cm³/mol. The normalized spacial score (nSPS) is 12.2. The van der Waals surface area contributed by atoms with Gasteiger partial charge in [-0.25, -0.2) is 4.39 Å². The summed E-state index contributed by atoms with van der Waals surface area (Å²) in [5, 5.41) is 0. The molecule has 0 spiro atoms. The first-order chi connectivity index (χ1) is 6.69. The van der Waals surface area contributed by atoms with E-state index < -0.39 is 0 Å². The third kappa shape index (κ3) is 2.31. The molecule has 14 heavy (non-hydrogen) atoms. The Balaban J connectivity index is 3.07. The minimum Gasteiger partial charge on any atom is -0.493 e. The molecule has 76 valence electrons. The van der Waals surface area contributed by atoms with Gasteiger partial charge in [0.25, 0.3) is 0 Å². The Morgan fingerprint density at radius 3 is 2.86 bits per heavy atom. The second-order valence-electron chi connectivity index (χ2n) is 3.04. The Hall–Kier alpha value is -1.38. The van der Waals surface area contributed by atoms with Crippen molar-refractivity contribution in [1.82, 2.24) is 0 Å². The number of rotatable bonds is 4. The topological polar surface area (TPSA) is 26.3 Å². The molecule has 0 aromatic heterocycles. The number of hydrogen-bond acceptors (Lipinski definition) is 2. The molecule has 0 aliphatic carbocycles. The molecule has 1 atom stereocenters. The van der Waals surface area contributed by atoms with E-state index in [1.807, 2.05) is 6.92 Å². The number of aldehydes is 1. The van der Waals surface area contributed by atoms with Crippen LogP contribution in [-0.4, -0.2) is 12.9 Å². The van der Waals surface area contributed by atoms with E-state index in [0.29, 0.717) is 12.4 Å². The third-order valence-electron chi connectivity index (χ3n) is 1.97. The molecule has 1 unspecified atom stereocenters. The standard InChI is InChI=1S/C11H13FO2/c1-3-14-11-6-9(12)4-5-10(11)8(2)7-13/h4-8H,3H2,1-2H3. The maximum atomic E-state index is 12.9. The molecule has 3 heteroatoms. The monoisotopic (exact) mass is 196 g/mol. The molecular weight excluding hydrogens is 183 g/mol. The van der Waals surface area contributed by atoms with Gasteiger partial charge in [-0.05, 0) is 13.0 Å². The summed E-state index contributed by atoms with van der Waals surface area (Å²) >= 11 is 0. The van der Waals surface area contributed by atoms with Crippen LogP contribution >= 0.6 is 0 Å². The Bertz CT molecular complexity index is 323. The molecule has 0 amide bonds. The zero-order chi connectivity index (χ0) is 10.6. The van der Waals surface area contributed by atoms with E-state index in [1.165, 1.54) is 12.1 Å². The van der Waals surface area contributed by atoms with Gasteiger partial charge in [0.2, 0.25) is 0 Å². The highest BCUT2D eigenvalue weighted by molar-refractivity contribution is 5.63. The van der Waals surface area contributed by atoms with Crippen LogP contribution in [0.15, 0.2) is 18.2 Å². The van der Waals surface area contributed by atoms with Crippen molar-refractivity contribution in [2.45, 2.75) is 19.8 Å². The molecule has 0 heterocycles. The molecule has 0 aliphatic rings. The zero-order valence-electron chi connectivity index (χ0n) is 8.29. The fraction of sp³-hybridized carbons (Fsp3) is 0.364. The fourth-order valence-corrected chi connectivity index (χ4v) is 1.24. The first-order valence-electron chi connectivity index (χ1n) is 4.56. The van der Waals surface area contributed by atoms with E-state index in [1.54, 1.807) is 13.0 Å². The lowest BCUT2D eigenvalue weighted by Crippen LogP contribution is -2.01. The summed E-state index contributed by atoms with van der Waals surface area (Å²) in [7, 11) is 0. The van der Waals surface area contributed by atoms with Crippen LogP contribution in [0.1, 0.15) is 25.3 Å². The average Bonchev–Trinajstić information content (AvgIpc) is 2.17. The fourth-order valence-electron chi connectivity index (χ4n) is 1.24. The van der Waals surface area contributed by atoms with Gasteiger partial charge in [0.15, 0.2) is 0 Å². The molecule has 1 aromatic carbocycles. The average molecular weight is 196 g/mol. The highest BCUT2D eigenvalue weighted by Crippen LogP contribution is 2.26. The zero-order valence-corrected chi connectivity index (χ0v) is 8.29. The minimum absolute atomic E-state index is 0.267. The number of benzene rings is 1. The van der Waals surface area contributed by atoms with Crippen LogP contribution in [0.4, 0.5) is 4.39 Å². The quantitative estimate of drug-likeness (QED) is 0.692. The van der Waals surface area contributed by atoms with Gasteiger partial charge in [0.05, 0.1) is 6.61 Å². The molecule has 0 radical (unpaired) electrons. The molecule has 0 N–H and O–H groups in total. The van der Waals surface area contributed by atoms with E-state index >= 15 is 0 Å². The lowest BCUT2D eigenvalue weighted by Gasteiger charge is -2.11. The number of ether oxygens (including phenoxy) is 1. The van der Waals surface area contributed by atoms with Crippen LogP contribution in [0.25, 0.3) is 0 Å². The van der Waals surface area contributed by atoms with Gasteiger partial charge in [0, 0.05) is 17.5 Å². The number of halogens is 1. The molecule has 2 nitrogen and oxygen atoms in total. The number of carbonyl (C=O) groups is 1. The van der Waals surface area contributed by atoms with Gasteiger partial charge in [-0.3, -0.25) is 0 Å². The summed E-state index contributed by atoms with van der Waals surface area (Å²) in [4.78, 5) is 10.6. The number of hydrogen-bond donors (Lipinski definition) is 0. The highest BCUT2D eigenvalue weighted by Gasteiger charge is 2.11. The largest absolute Gasteiger partial charge is 0.493 e. The molecule has 0 bridgehead atoms. The van der Waals surface area contributed by atoms with Crippen molar-refractivity contribution in [3.63, 3.8) is 0 Å². The van der Waals surface area contributed by atoms with Crippen molar-refractivity contribution in [3.05, 3.63) is 29.6 Å². The van der Waals surface area contributed by atoms with Gasteiger partial charge in [-0.2, -0.15) is 0 Å². The van der Waals surface area contributed by atoms with Crippen molar-refractivity contribution in [3.8, 4) is 5.75 Å². The third-order valence-corrected chi connectivity index (χ3v) is 1.97. The predicted octanol–water partition coefficient (Wildman–Crippen LogP) is 2.53. The van der Waals surface area contributed by atoms with Gasteiger partial charge in [-0.1, -0.05) is 13.0 Å². The van der Waals surface area contributed by atoms with E-state index in [-0.39, 0.29) is 11.7 Å². The Kier molecular flexibility index (Phi) is 3.63. The van der Waals surface area contributed by atoms with E-state index in [4.69, 9.17) is 4.74 Å². The Morgan fingerprint density at radius 2 is 2.29 bits per heavy atom. The van der Waals surface area contributed by atoms with Crippen LogP contribution in [0.3, 0.4) is 0 Å². The van der Waals surface area contributed by atoms with Crippen LogP contribution in [0, 0.1) is 5.82 Å². The maximum absolute atomic E-state index is 12.9. The highest BCUT2D eigenvalue weighted by atomic mass is 19.1. The van der Waals surface area contributed by atoms with Crippen LogP contribution < -0.4 is 4.74 Å². The van der Waals surface area contributed by atoms with Crippen molar-refractivity contribution in [1.29, 1.82) is 0 Å². The van der Waals surface area contributed by atoms with Crippen molar-refractivity contribution in [2.24, 2.45) is 0 Å². The lowest BCUT2D eigenvalue weighted by atomic mass is 10.0. The molecule has 1 aromatic rings. The number of carbonyl (C=O) groups excluding carboxylic acids is 1. The van der Waals surface area contributed by atoms with Gasteiger partial charge < -0.3 is 9.53 Å². The molecule has 0 aliphatic heterocycles. The first-order valence-corrected chi connectivity index (χ1v) is 4.56. The van der Waals surface area contributed by atoms with Crippen molar-refractivity contribution >= 4 is 6.29 Å². The molecule has 0 fully saturated rings. The van der Waals surface area contributed by atoms with Crippen LogP contribution in [-0.2, 0) is 4.79 Å². The minimum atomic E-state index is -0.352. The Morgan fingerprint density at radius 1 is 1.57 bits per heavy atom. The van der Waals surface area contributed by atoms with E-state index in [2.05, 4.69) is 0 Å². The van der Waals surface area contributed by atoms with Gasteiger partial charge in [0.1, 0.15) is 17.9 Å². The van der Waals surface area contributed by atoms with E-state index in [0.717, 1.165) is 11.8 Å². The Labute approximate surface area is 82.7 Å². The molecule has 1 rings (SSSR count). The molecule has 0 saturated heterocycles. The lowest BCUT2D eigenvalue weighted by molar-refractivity contribution is -0.108. The smallest absolute Gasteiger partial charge is 0.127 e. The van der Waals surface area contributed by atoms with Crippen LogP contribution in [0.5, 0.6) is 5.75 Å². The summed E-state index contributed by atoms with van der Waals surface area (Å²) in [6.07, 6.45) is 0.815. The van der Waals surface area contributed by atoms with Crippen molar-refractivity contribution < 1.29 is 13.9 Å². The van der Waals surface area contributed by atoms with E-state index in [9.17, 15) is 9.18 Å². The maximum Gasteiger partial charge on any atom is 0.127 e. The first kappa shape index (κ1) is 10.7. The SMILES string of the molecule is CCOc1cc(F)ccc1C(C)C=O. The molecular formula is C11H13FO2. The summed E-state index contributed by atoms with van der Waals surface area (Å²) in [6.45, 7) is 4.03.